The largest absolute Gasteiger partial charge is 0.465 e. The Morgan fingerprint density at radius 3 is 2.05 bits per heavy atom. The van der Waals surface area contributed by atoms with Gasteiger partial charge >= 0.3 is 5.97 Å². The van der Waals surface area contributed by atoms with Gasteiger partial charge in [-0.3, -0.25) is 10.1 Å². The Kier molecular flexibility index (Phi) is 9.88. The molecule has 0 fully saturated rings. The molecule has 126 valence electrons. The van der Waals surface area contributed by atoms with Crippen molar-refractivity contribution in [2.75, 3.05) is 19.7 Å². The van der Waals surface area contributed by atoms with E-state index in [1.807, 2.05) is 13.8 Å². The number of nitrogens with one attached hydrogen (secondary N) is 1. The van der Waals surface area contributed by atoms with Crippen molar-refractivity contribution in [3.63, 3.8) is 0 Å². The van der Waals surface area contributed by atoms with Gasteiger partial charge in [-0.05, 0) is 67.0 Å². The Bertz CT molecular complexity index is 289. The molecule has 0 heterocycles. The summed E-state index contributed by atoms with van der Waals surface area (Å²) in [5.41, 5.74) is -0.622. The maximum absolute atomic E-state index is 12.4. The summed E-state index contributed by atoms with van der Waals surface area (Å²) < 4.78 is 5.29. The molecule has 21 heavy (non-hydrogen) atoms. The highest BCUT2D eigenvalue weighted by Gasteiger charge is 2.37. The molecule has 1 N–H and O–H groups in total. The lowest BCUT2D eigenvalue weighted by molar-refractivity contribution is -0.151. The molecule has 0 saturated heterocycles. The molecule has 0 radical (unpaired) electrons. The van der Waals surface area contributed by atoms with E-state index in [0.717, 1.165) is 32.4 Å². The predicted octanol–water partition coefficient (Wildman–Crippen LogP) is 3.21. The number of ether oxygens (including phenoxy) is 1. The van der Waals surface area contributed by atoms with Crippen molar-refractivity contribution in [3.8, 4) is 0 Å². The van der Waals surface area contributed by atoms with Crippen LogP contribution in [0.25, 0.3) is 0 Å². The normalized spacial score (nSPS) is 16.0. The highest BCUT2D eigenvalue weighted by molar-refractivity contribution is 5.80. The number of esters is 1. The van der Waals surface area contributed by atoms with Gasteiger partial charge in [0.15, 0.2) is 0 Å². The van der Waals surface area contributed by atoms with Gasteiger partial charge in [-0.1, -0.05) is 13.8 Å². The zero-order valence-electron chi connectivity index (χ0n) is 15.2. The molecule has 4 nitrogen and oxygen atoms in total. The third kappa shape index (κ3) is 7.28. The molecule has 2 atom stereocenters. The highest BCUT2D eigenvalue weighted by Crippen LogP contribution is 2.20. The van der Waals surface area contributed by atoms with E-state index in [1.54, 1.807) is 0 Å². The molecule has 0 aliphatic heterocycles. The molecule has 0 aromatic heterocycles. The van der Waals surface area contributed by atoms with Gasteiger partial charge in [-0.2, -0.15) is 0 Å². The average Bonchev–Trinajstić information content (AvgIpc) is 2.37. The smallest absolute Gasteiger partial charge is 0.326 e. The summed E-state index contributed by atoms with van der Waals surface area (Å²) in [6.45, 7) is 17.2. The summed E-state index contributed by atoms with van der Waals surface area (Å²) in [6.07, 6.45) is 3.04. The molecule has 2 unspecified atom stereocenters. The fourth-order valence-electron chi connectivity index (χ4n) is 2.98. The van der Waals surface area contributed by atoms with Gasteiger partial charge in [0.1, 0.15) is 5.54 Å². The monoisotopic (exact) mass is 300 g/mol. The molecule has 0 aromatic carbocycles. The summed E-state index contributed by atoms with van der Waals surface area (Å²) in [5.74, 6) is -0.140. The zero-order chi connectivity index (χ0) is 16.5. The molecule has 0 saturated carbocycles. The minimum absolute atomic E-state index is 0.140. The minimum Gasteiger partial charge on any atom is -0.465 e. The van der Waals surface area contributed by atoms with E-state index in [1.165, 1.54) is 0 Å². The lowest BCUT2D eigenvalue weighted by atomic mass is 9.91. The average molecular weight is 300 g/mol. The van der Waals surface area contributed by atoms with Crippen LogP contribution in [0.1, 0.15) is 67.7 Å². The molecule has 0 bridgehead atoms. The Morgan fingerprint density at radius 1 is 1.14 bits per heavy atom. The highest BCUT2D eigenvalue weighted by atomic mass is 16.5. The fraction of sp³-hybridized carbons (Fsp3) is 0.941. The van der Waals surface area contributed by atoms with Gasteiger partial charge in [0.2, 0.25) is 0 Å². The van der Waals surface area contributed by atoms with Crippen molar-refractivity contribution in [2.45, 2.75) is 85.4 Å². The van der Waals surface area contributed by atoms with E-state index in [2.05, 4.69) is 44.8 Å². The first-order valence-electron chi connectivity index (χ1n) is 8.49. The second-order valence-corrected chi connectivity index (χ2v) is 6.44. The fourth-order valence-corrected chi connectivity index (χ4v) is 2.98. The van der Waals surface area contributed by atoms with Crippen LogP contribution in [0.3, 0.4) is 0 Å². The van der Waals surface area contributed by atoms with Crippen LogP contribution in [0.4, 0.5) is 0 Å². The summed E-state index contributed by atoms with van der Waals surface area (Å²) in [7, 11) is 0. The number of carbonyl (C=O) groups excluding carboxylic acids is 1. The lowest BCUT2D eigenvalue weighted by Crippen LogP contribution is -2.56. The van der Waals surface area contributed by atoms with Gasteiger partial charge in [-0.15, -0.1) is 0 Å². The van der Waals surface area contributed by atoms with E-state index < -0.39 is 5.54 Å². The number of carbonyl (C=O) groups is 1. The van der Waals surface area contributed by atoms with Crippen LogP contribution in [-0.2, 0) is 9.53 Å². The van der Waals surface area contributed by atoms with E-state index in [4.69, 9.17) is 4.74 Å². The van der Waals surface area contributed by atoms with Crippen molar-refractivity contribution in [3.05, 3.63) is 0 Å². The first-order valence-corrected chi connectivity index (χ1v) is 8.49. The lowest BCUT2D eigenvalue weighted by Gasteiger charge is -2.37. The summed E-state index contributed by atoms with van der Waals surface area (Å²) in [5, 5.41) is 3.41. The van der Waals surface area contributed by atoms with Crippen molar-refractivity contribution in [1.29, 1.82) is 0 Å². The maximum atomic E-state index is 12.4. The van der Waals surface area contributed by atoms with E-state index in [9.17, 15) is 4.79 Å². The van der Waals surface area contributed by atoms with Crippen LogP contribution >= 0.6 is 0 Å². The van der Waals surface area contributed by atoms with Crippen molar-refractivity contribution >= 4 is 5.97 Å². The van der Waals surface area contributed by atoms with Gasteiger partial charge in [-0.25, -0.2) is 0 Å². The Morgan fingerprint density at radius 2 is 1.67 bits per heavy atom. The number of hydrogen-bond acceptors (Lipinski definition) is 4. The number of nitrogens with zero attached hydrogens (tertiary/aromatic N) is 1. The van der Waals surface area contributed by atoms with Gasteiger partial charge < -0.3 is 9.64 Å². The quantitative estimate of drug-likeness (QED) is 0.595. The van der Waals surface area contributed by atoms with Crippen LogP contribution in [0, 0.1) is 0 Å². The Labute approximate surface area is 131 Å². The maximum Gasteiger partial charge on any atom is 0.326 e. The Balaban J connectivity index is 4.96. The standard InChI is InChI=1S/C17H36N2O2/c1-8-11-19(12-9-2)15(6)13-17(7,18-14(4)5)16(20)21-10-3/h14-15,18H,8-13H2,1-7H3. The number of hydrogen-bond donors (Lipinski definition) is 1. The zero-order valence-corrected chi connectivity index (χ0v) is 15.2. The molecular weight excluding hydrogens is 264 g/mol. The van der Waals surface area contributed by atoms with Crippen LogP contribution in [0.2, 0.25) is 0 Å². The third-order valence-corrected chi connectivity index (χ3v) is 3.68. The van der Waals surface area contributed by atoms with Crippen molar-refractivity contribution < 1.29 is 9.53 Å². The molecule has 0 aliphatic rings. The summed E-state index contributed by atoms with van der Waals surface area (Å²) >= 11 is 0. The summed E-state index contributed by atoms with van der Waals surface area (Å²) in [6, 6.07) is 0.600. The first-order chi connectivity index (χ1) is 9.80. The number of rotatable bonds is 11. The molecule has 0 aromatic rings. The van der Waals surface area contributed by atoms with Crippen LogP contribution < -0.4 is 5.32 Å². The molecule has 0 aliphatic carbocycles. The van der Waals surface area contributed by atoms with Gasteiger partial charge in [0.05, 0.1) is 6.61 Å². The summed E-state index contributed by atoms with van der Waals surface area (Å²) in [4.78, 5) is 14.8. The molecule has 4 heteroatoms. The van der Waals surface area contributed by atoms with E-state index in [0.29, 0.717) is 12.6 Å². The predicted molar refractivity (Wildman–Crippen MR) is 89.5 cm³/mol. The van der Waals surface area contributed by atoms with Crippen LogP contribution in [0.5, 0.6) is 0 Å². The Hall–Kier alpha value is -0.610. The second kappa shape index (κ2) is 10.2. The third-order valence-electron chi connectivity index (χ3n) is 3.68. The minimum atomic E-state index is -0.622. The topological polar surface area (TPSA) is 41.6 Å². The van der Waals surface area contributed by atoms with E-state index >= 15 is 0 Å². The van der Waals surface area contributed by atoms with Gasteiger partial charge in [0, 0.05) is 12.1 Å². The molecule has 0 rings (SSSR count). The molecule has 0 amide bonds. The van der Waals surface area contributed by atoms with Gasteiger partial charge in [0.25, 0.3) is 0 Å². The molecular formula is C17H36N2O2. The van der Waals surface area contributed by atoms with E-state index in [-0.39, 0.29) is 12.0 Å². The first kappa shape index (κ1) is 20.4. The van der Waals surface area contributed by atoms with Crippen LogP contribution in [-0.4, -0.2) is 48.2 Å². The van der Waals surface area contributed by atoms with Crippen molar-refractivity contribution in [2.24, 2.45) is 0 Å². The van der Waals surface area contributed by atoms with Crippen LogP contribution in [0.15, 0.2) is 0 Å². The van der Waals surface area contributed by atoms with Crippen molar-refractivity contribution in [1.82, 2.24) is 10.2 Å². The second-order valence-electron chi connectivity index (χ2n) is 6.44. The molecule has 0 spiro atoms. The SMILES string of the molecule is CCCN(CCC)C(C)CC(C)(NC(C)C)C(=O)OCC.